The summed E-state index contributed by atoms with van der Waals surface area (Å²) in [6.45, 7) is 14.5. The Hall–Kier alpha value is -1.18. The zero-order valence-electron chi connectivity index (χ0n) is 28.0. The molecule has 3 N–H and O–H groups in total. The highest BCUT2D eigenvalue weighted by atomic mass is 16.7. The van der Waals surface area contributed by atoms with Crippen molar-refractivity contribution in [2.45, 2.75) is 147 Å². The van der Waals surface area contributed by atoms with Crippen molar-refractivity contribution >= 4 is 12.3 Å². The summed E-state index contributed by atoms with van der Waals surface area (Å²) in [7, 11) is 5.37. The highest BCUT2D eigenvalue weighted by Crippen LogP contribution is 2.54. The molecule has 0 amide bonds. The van der Waals surface area contributed by atoms with Crippen molar-refractivity contribution < 1.29 is 48.6 Å². The number of epoxide rings is 1. The molecule has 3 aliphatic rings. The summed E-state index contributed by atoms with van der Waals surface area (Å²) in [6.07, 6.45) is -3.31. The molecular formula is C32H57NO10. The Morgan fingerprint density at radius 2 is 1.72 bits per heavy atom. The fraction of sp³-hybridized carbons (Fsp3) is 0.938. The first-order valence-electron chi connectivity index (χ1n) is 15.8. The lowest BCUT2D eigenvalue weighted by Gasteiger charge is -2.48. The van der Waals surface area contributed by atoms with E-state index in [0.717, 1.165) is 6.29 Å². The maximum absolute atomic E-state index is 13.5. The van der Waals surface area contributed by atoms with Crippen LogP contribution < -0.4 is 0 Å². The van der Waals surface area contributed by atoms with Crippen molar-refractivity contribution in [1.29, 1.82) is 0 Å². The molecule has 3 saturated heterocycles. The van der Waals surface area contributed by atoms with Crippen molar-refractivity contribution in [2.24, 2.45) is 23.7 Å². The average Bonchev–Trinajstić information content (AvgIpc) is 3.64. The van der Waals surface area contributed by atoms with E-state index < -0.39 is 71.2 Å². The predicted octanol–water partition coefficient (Wildman–Crippen LogP) is 2.31. The molecule has 250 valence electrons. The summed E-state index contributed by atoms with van der Waals surface area (Å²) >= 11 is 0. The Balaban J connectivity index is 2.08. The van der Waals surface area contributed by atoms with Crippen molar-refractivity contribution in [3.8, 4) is 0 Å². The van der Waals surface area contributed by atoms with Crippen molar-refractivity contribution in [3.63, 3.8) is 0 Å². The van der Waals surface area contributed by atoms with Gasteiger partial charge in [-0.2, -0.15) is 0 Å². The van der Waals surface area contributed by atoms with E-state index in [-0.39, 0.29) is 30.6 Å². The van der Waals surface area contributed by atoms with Crippen LogP contribution in [-0.2, 0) is 33.3 Å². The van der Waals surface area contributed by atoms with Gasteiger partial charge >= 0.3 is 5.97 Å². The van der Waals surface area contributed by atoms with E-state index >= 15 is 0 Å². The molecule has 11 heteroatoms. The zero-order valence-corrected chi connectivity index (χ0v) is 28.0. The molecule has 0 spiro atoms. The standard InChI is InChI=1S/C32H57NO10/c1-12-23-31(7,38)22(13-14-34)32(8)26(43-32)17(2)16-30(6,39-11)27(19(4)24(35)20(5)28(37)41-23)42-29-25(36)21(33(9)10)15-18(3)40-29/h14,17-27,29,35-36,38H,12-13,15-16H2,1-11H3/t17-,18-,19+,20-,21+,22+,23-,24+,25-,26?,27-,29+,30-,31+,32?/m1/s1. The SMILES string of the molecule is CC[C@H]1OC(=O)[C@H](C)[C@@H](O)[C@H](C)[C@@H](O[C@@H]2O[C@H](C)C[C@H](N(C)C)[C@H]2O)[C@](C)(OC)C[C@@H](C)C2OC2(C)[C@@H](CC=O)[C@]1(C)O. The number of methoxy groups -OCH3 is 1. The number of cyclic esters (lactones) is 1. The molecule has 0 aromatic rings. The lowest BCUT2D eigenvalue weighted by molar-refractivity contribution is -0.301. The molecule has 0 aromatic carbocycles. The van der Waals surface area contributed by atoms with Crippen LogP contribution in [0.3, 0.4) is 0 Å². The Morgan fingerprint density at radius 1 is 1.09 bits per heavy atom. The van der Waals surface area contributed by atoms with Gasteiger partial charge in [0.1, 0.15) is 24.1 Å². The van der Waals surface area contributed by atoms with E-state index in [4.69, 9.17) is 23.7 Å². The molecular weight excluding hydrogens is 558 g/mol. The quantitative estimate of drug-likeness (QED) is 0.220. The van der Waals surface area contributed by atoms with Crippen molar-refractivity contribution in [2.75, 3.05) is 21.2 Å². The lowest BCUT2D eigenvalue weighted by atomic mass is 9.70. The molecule has 2 unspecified atom stereocenters. The summed E-state index contributed by atoms with van der Waals surface area (Å²) in [5.74, 6) is -3.09. The highest BCUT2D eigenvalue weighted by Gasteiger charge is 2.66. The van der Waals surface area contributed by atoms with Crippen LogP contribution in [0.15, 0.2) is 0 Å². The summed E-state index contributed by atoms with van der Waals surface area (Å²) in [5.41, 5.74) is -3.45. The molecule has 0 radical (unpaired) electrons. The number of esters is 1. The molecule has 3 heterocycles. The van der Waals surface area contributed by atoms with Crippen molar-refractivity contribution in [1.82, 2.24) is 4.90 Å². The number of ether oxygens (including phenoxy) is 5. The third-order valence-electron chi connectivity index (χ3n) is 10.7. The van der Waals surface area contributed by atoms with Crippen LogP contribution in [0.1, 0.15) is 81.1 Å². The van der Waals surface area contributed by atoms with E-state index in [9.17, 15) is 24.9 Å². The summed E-state index contributed by atoms with van der Waals surface area (Å²) in [6, 6.07) is -0.205. The Labute approximate surface area is 257 Å². The second kappa shape index (κ2) is 13.7. The number of carbonyl (C=O) groups excluding carboxylic acids is 2. The van der Waals surface area contributed by atoms with Gasteiger partial charge in [0.15, 0.2) is 6.29 Å². The van der Waals surface area contributed by atoms with E-state index in [1.807, 2.05) is 46.7 Å². The van der Waals surface area contributed by atoms with Gasteiger partial charge in [0.05, 0.1) is 41.5 Å². The third kappa shape index (κ3) is 7.14. The molecule has 3 rings (SSSR count). The van der Waals surface area contributed by atoms with Gasteiger partial charge in [-0.1, -0.05) is 20.8 Å². The minimum absolute atomic E-state index is 0.0192. The number of carbonyl (C=O) groups is 2. The van der Waals surface area contributed by atoms with Crippen LogP contribution >= 0.6 is 0 Å². The van der Waals surface area contributed by atoms with Gasteiger partial charge < -0.3 is 48.7 Å². The maximum Gasteiger partial charge on any atom is 0.311 e. The molecule has 43 heavy (non-hydrogen) atoms. The Morgan fingerprint density at radius 3 is 2.26 bits per heavy atom. The predicted molar refractivity (Wildman–Crippen MR) is 159 cm³/mol. The maximum atomic E-state index is 13.5. The lowest BCUT2D eigenvalue weighted by Crippen LogP contribution is -2.60. The number of likely N-dealkylation sites (N-methyl/N-ethyl adjacent to an activating group) is 1. The normalized spacial score (nSPS) is 50.0. The van der Waals surface area contributed by atoms with Crippen molar-refractivity contribution in [3.05, 3.63) is 0 Å². The molecule has 3 fully saturated rings. The first kappa shape index (κ1) is 36.3. The molecule has 3 aliphatic heterocycles. The number of nitrogens with zero attached hydrogens (tertiary/aromatic N) is 1. The zero-order chi connectivity index (χ0) is 32.7. The Bertz CT molecular complexity index is 962. The van der Waals surface area contributed by atoms with Gasteiger partial charge in [0.2, 0.25) is 0 Å². The largest absolute Gasteiger partial charge is 0.459 e. The Kier molecular flexibility index (Phi) is 11.5. The number of rotatable bonds is 7. The van der Waals surface area contributed by atoms with Gasteiger partial charge in [0.25, 0.3) is 0 Å². The van der Waals surface area contributed by atoms with Gasteiger partial charge in [-0.15, -0.1) is 0 Å². The van der Waals surface area contributed by atoms with E-state index in [1.54, 1.807) is 34.8 Å². The van der Waals surface area contributed by atoms with E-state index in [2.05, 4.69) is 0 Å². The fourth-order valence-corrected chi connectivity index (χ4v) is 7.90. The van der Waals surface area contributed by atoms with Gasteiger partial charge in [-0.05, 0) is 73.9 Å². The number of hydrogen-bond acceptors (Lipinski definition) is 11. The first-order chi connectivity index (χ1) is 19.9. The minimum Gasteiger partial charge on any atom is -0.459 e. The molecule has 0 aliphatic carbocycles. The van der Waals surface area contributed by atoms with Gasteiger partial charge in [-0.25, -0.2) is 0 Å². The van der Waals surface area contributed by atoms with Crippen LogP contribution in [0.25, 0.3) is 0 Å². The smallest absolute Gasteiger partial charge is 0.311 e. The second-order valence-corrected chi connectivity index (χ2v) is 14.2. The highest BCUT2D eigenvalue weighted by molar-refractivity contribution is 5.73. The number of aliphatic hydroxyl groups is 3. The second-order valence-electron chi connectivity index (χ2n) is 14.2. The summed E-state index contributed by atoms with van der Waals surface area (Å²) in [5, 5.41) is 34.7. The number of fused-ring (bicyclic) bond motifs is 1. The molecule has 11 nitrogen and oxygen atoms in total. The molecule has 0 bridgehead atoms. The number of hydrogen-bond donors (Lipinski definition) is 3. The summed E-state index contributed by atoms with van der Waals surface area (Å²) in [4.78, 5) is 27.3. The average molecular weight is 616 g/mol. The monoisotopic (exact) mass is 615 g/mol. The van der Waals surface area contributed by atoms with Gasteiger partial charge in [-0.3, -0.25) is 4.79 Å². The first-order valence-corrected chi connectivity index (χ1v) is 15.8. The van der Waals surface area contributed by atoms with Crippen LogP contribution in [0.2, 0.25) is 0 Å². The number of aldehydes is 1. The summed E-state index contributed by atoms with van der Waals surface area (Å²) < 4.78 is 31.1. The van der Waals surface area contributed by atoms with Crippen LogP contribution in [0, 0.1) is 23.7 Å². The fourth-order valence-electron chi connectivity index (χ4n) is 7.90. The minimum atomic E-state index is -1.57. The molecule has 0 saturated carbocycles. The third-order valence-corrected chi connectivity index (χ3v) is 10.7. The van der Waals surface area contributed by atoms with Gasteiger partial charge in [0, 0.05) is 31.4 Å². The van der Waals surface area contributed by atoms with E-state index in [0.29, 0.717) is 19.3 Å². The van der Waals surface area contributed by atoms with Crippen LogP contribution in [-0.4, -0.2) is 119 Å². The molecule has 0 aromatic heterocycles. The van der Waals surface area contributed by atoms with Crippen LogP contribution in [0.4, 0.5) is 0 Å². The van der Waals surface area contributed by atoms with Crippen LogP contribution in [0.5, 0.6) is 0 Å². The van der Waals surface area contributed by atoms with E-state index in [1.165, 1.54) is 0 Å². The molecule has 15 atom stereocenters. The number of aliphatic hydroxyl groups excluding tert-OH is 2. The topological polar surface area (TPSA) is 148 Å².